The van der Waals surface area contributed by atoms with E-state index in [1.165, 1.54) is 4.90 Å². The van der Waals surface area contributed by atoms with Crippen LogP contribution < -0.4 is 5.32 Å². The Hall–Kier alpha value is -2.09. The van der Waals surface area contributed by atoms with Gasteiger partial charge in [0.25, 0.3) is 0 Å². The molecule has 2 amide bonds. The molecule has 0 spiro atoms. The maximum atomic E-state index is 12.2. The number of urea groups is 1. The number of carbonyl (C=O) groups excluding carboxylic acids is 1. The van der Waals surface area contributed by atoms with Crippen LogP contribution in [0.4, 0.5) is 4.79 Å². The highest BCUT2D eigenvalue weighted by atomic mass is 16.5. The molecule has 8 nitrogen and oxygen atoms in total. The number of nitrogens with zero attached hydrogens (tertiary/aromatic N) is 2. The molecular formula is C13H19N3O5. The number of hydrogen-bond acceptors (Lipinski definition) is 5. The van der Waals surface area contributed by atoms with Gasteiger partial charge in [-0.05, 0) is 13.8 Å². The second-order valence-corrected chi connectivity index (χ2v) is 4.92. The average Bonchev–Trinajstić information content (AvgIpc) is 3.06. The van der Waals surface area contributed by atoms with Crippen molar-refractivity contribution >= 4 is 12.0 Å². The second kappa shape index (κ2) is 6.57. The second-order valence-electron chi connectivity index (χ2n) is 4.92. The lowest BCUT2D eigenvalue weighted by Gasteiger charge is -2.29. The summed E-state index contributed by atoms with van der Waals surface area (Å²) in [5.41, 5.74) is 0.620. The van der Waals surface area contributed by atoms with E-state index in [0.717, 1.165) is 0 Å². The Morgan fingerprint density at radius 1 is 1.52 bits per heavy atom. The number of aliphatic carboxylic acids is 1. The van der Waals surface area contributed by atoms with E-state index in [1.54, 1.807) is 19.9 Å². The van der Waals surface area contributed by atoms with Crippen molar-refractivity contribution in [2.75, 3.05) is 19.8 Å². The Morgan fingerprint density at radius 3 is 2.86 bits per heavy atom. The molecule has 116 valence electrons. The summed E-state index contributed by atoms with van der Waals surface area (Å²) in [5.74, 6) is -0.970. The fourth-order valence-electron chi connectivity index (χ4n) is 2.38. The van der Waals surface area contributed by atoms with Gasteiger partial charge in [-0.15, -0.1) is 0 Å². The van der Waals surface area contributed by atoms with Crippen molar-refractivity contribution in [3.05, 3.63) is 17.5 Å². The molecule has 0 aromatic carbocycles. The number of likely N-dealkylation sites (N-methyl/N-ethyl adjacent to an activating group) is 1. The molecule has 1 saturated heterocycles. The minimum Gasteiger partial charge on any atom is -0.481 e. The van der Waals surface area contributed by atoms with Crippen molar-refractivity contribution in [3.8, 4) is 0 Å². The van der Waals surface area contributed by atoms with Crippen LogP contribution in [0.25, 0.3) is 0 Å². The molecule has 2 unspecified atom stereocenters. The van der Waals surface area contributed by atoms with Gasteiger partial charge in [-0.1, -0.05) is 5.16 Å². The Balaban J connectivity index is 1.96. The predicted octanol–water partition coefficient (Wildman–Crippen LogP) is 0.614. The lowest BCUT2D eigenvalue weighted by Crippen LogP contribution is -2.50. The lowest BCUT2D eigenvalue weighted by molar-refractivity contribution is -0.142. The molecule has 1 aliphatic heterocycles. The summed E-state index contributed by atoms with van der Waals surface area (Å²) in [7, 11) is 0. The van der Waals surface area contributed by atoms with Crippen molar-refractivity contribution < 1.29 is 24.0 Å². The smallest absolute Gasteiger partial charge is 0.318 e. The number of amides is 2. The highest BCUT2D eigenvalue weighted by molar-refractivity contribution is 5.77. The summed E-state index contributed by atoms with van der Waals surface area (Å²) < 4.78 is 10.1. The molecule has 1 aliphatic rings. The van der Waals surface area contributed by atoms with Gasteiger partial charge in [0, 0.05) is 12.6 Å². The topological polar surface area (TPSA) is 105 Å². The number of hydrogen-bond donors (Lipinski definition) is 2. The van der Waals surface area contributed by atoms with Gasteiger partial charge in [0.15, 0.2) is 0 Å². The maximum absolute atomic E-state index is 12.2. The van der Waals surface area contributed by atoms with Gasteiger partial charge in [0.2, 0.25) is 0 Å². The van der Waals surface area contributed by atoms with Crippen LogP contribution in [0, 0.1) is 12.8 Å². The van der Waals surface area contributed by atoms with Gasteiger partial charge in [0.1, 0.15) is 17.4 Å². The number of ether oxygens (including phenoxy) is 1. The van der Waals surface area contributed by atoms with Crippen LogP contribution in [0.5, 0.6) is 0 Å². The number of rotatable bonds is 5. The van der Waals surface area contributed by atoms with Gasteiger partial charge >= 0.3 is 12.0 Å². The van der Waals surface area contributed by atoms with E-state index >= 15 is 0 Å². The lowest BCUT2D eigenvalue weighted by atomic mass is 10.0. The van der Waals surface area contributed by atoms with Crippen LogP contribution in [0.3, 0.4) is 0 Å². The van der Waals surface area contributed by atoms with Gasteiger partial charge in [-0.2, -0.15) is 0 Å². The van der Waals surface area contributed by atoms with E-state index in [1.807, 2.05) is 0 Å². The largest absolute Gasteiger partial charge is 0.481 e. The SMILES string of the molecule is CCN(C(=O)NCc1cc(C)on1)C1COCC1C(=O)O. The Bertz CT molecular complexity index is 516. The fourth-order valence-corrected chi connectivity index (χ4v) is 2.38. The Morgan fingerprint density at radius 2 is 2.29 bits per heavy atom. The third-order valence-corrected chi connectivity index (χ3v) is 3.47. The summed E-state index contributed by atoms with van der Waals surface area (Å²) in [6, 6.07) is 0.946. The average molecular weight is 297 g/mol. The Kier molecular flexibility index (Phi) is 4.79. The predicted molar refractivity (Wildman–Crippen MR) is 71.6 cm³/mol. The molecule has 1 aromatic rings. The molecule has 0 aliphatic carbocycles. The third kappa shape index (κ3) is 3.52. The molecule has 21 heavy (non-hydrogen) atoms. The van der Waals surface area contributed by atoms with Crippen LogP contribution in [-0.2, 0) is 16.1 Å². The van der Waals surface area contributed by atoms with E-state index in [4.69, 9.17) is 14.4 Å². The fraction of sp³-hybridized carbons (Fsp3) is 0.615. The first-order chi connectivity index (χ1) is 10.0. The van der Waals surface area contributed by atoms with Crippen LogP contribution >= 0.6 is 0 Å². The van der Waals surface area contributed by atoms with Crippen LogP contribution in [0.15, 0.2) is 10.6 Å². The molecule has 0 saturated carbocycles. The van der Waals surface area contributed by atoms with Crippen molar-refractivity contribution in [3.63, 3.8) is 0 Å². The minimum absolute atomic E-state index is 0.131. The number of aromatic nitrogens is 1. The van der Waals surface area contributed by atoms with E-state index in [2.05, 4.69) is 10.5 Å². The summed E-state index contributed by atoms with van der Waals surface area (Å²) >= 11 is 0. The van der Waals surface area contributed by atoms with Crippen molar-refractivity contribution in [1.29, 1.82) is 0 Å². The molecule has 2 rings (SSSR count). The molecular weight excluding hydrogens is 278 g/mol. The van der Waals surface area contributed by atoms with Crippen LogP contribution in [-0.4, -0.2) is 53.0 Å². The van der Waals surface area contributed by atoms with E-state index in [-0.39, 0.29) is 25.8 Å². The molecule has 2 heterocycles. The zero-order valence-corrected chi connectivity index (χ0v) is 12.0. The summed E-state index contributed by atoms with van der Waals surface area (Å²) in [6.45, 7) is 4.58. The standard InChI is InChI=1S/C13H19N3O5/c1-3-16(11-7-20-6-10(11)12(17)18)13(19)14-5-9-4-8(2)21-15-9/h4,10-11H,3,5-7H2,1-2H3,(H,14,19)(H,17,18). The van der Waals surface area contributed by atoms with E-state index in [0.29, 0.717) is 18.0 Å². The number of aryl methyl sites for hydroxylation is 1. The first-order valence-corrected chi connectivity index (χ1v) is 6.80. The quantitative estimate of drug-likeness (QED) is 0.825. The molecule has 0 radical (unpaired) electrons. The number of carboxylic acid groups (broad SMARTS) is 1. The highest BCUT2D eigenvalue weighted by Gasteiger charge is 2.39. The van der Waals surface area contributed by atoms with Crippen LogP contribution in [0.1, 0.15) is 18.4 Å². The first-order valence-electron chi connectivity index (χ1n) is 6.80. The molecule has 2 N–H and O–H groups in total. The number of carbonyl (C=O) groups is 2. The first kappa shape index (κ1) is 15.3. The molecule has 1 fully saturated rings. The Labute approximate surface area is 122 Å². The summed E-state index contributed by atoms with van der Waals surface area (Å²) in [5, 5.41) is 15.7. The zero-order valence-electron chi connectivity index (χ0n) is 12.0. The zero-order chi connectivity index (χ0) is 15.4. The highest BCUT2D eigenvalue weighted by Crippen LogP contribution is 2.20. The third-order valence-electron chi connectivity index (χ3n) is 3.47. The van der Waals surface area contributed by atoms with Crippen molar-refractivity contribution in [2.45, 2.75) is 26.4 Å². The van der Waals surface area contributed by atoms with Crippen molar-refractivity contribution in [2.24, 2.45) is 5.92 Å². The van der Waals surface area contributed by atoms with E-state index in [9.17, 15) is 9.59 Å². The maximum Gasteiger partial charge on any atom is 0.318 e. The monoisotopic (exact) mass is 297 g/mol. The molecule has 0 bridgehead atoms. The normalized spacial score (nSPS) is 21.2. The molecule has 8 heteroatoms. The van der Waals surface area contributed by atoms with Gasteiger partial charge in [-0.25, -0.2) is 4.79 Å². The summed E-state index contributed by atoms with van der Waals surface area (Å²) in [4.78, 5) is 24.9. The van der Waals surface area contributed by atoms with Crippen LogP contribution in [0.2, 0.25) is 0 Å². The van der Waals surface area contributed by atoms with Gasteiger partial charge < -0.3 is 24.6 Å². The van der Waals surface area contributed by atoms with E-state index < -0.39 is 17.9 Å². The number of nitrogens with one attached hydrogen (secondary N) is 1. The number of carboxylic acids is 1. The van der Waals surface area contributed by atoms with Gasteiger partial charge in [-0.3, -0.25) is 4.79 Å². The molecule has 1 aromatic heterocycles. The summed E-state index contributed by atoms with van der Waals surface area (Å²) in [6.07, 6.45) is 0. The van der Waals surface area contributed by atoms with Crippen molar-refractivity contribution in [1.82, 2.24) is 15.4 Å². The van der Waals surface area contributed by atoms with Gasteiger partial charge in [0.05, 0.1) is 25.8 Å². The minimum atomic E-state index is -0.948. The molecule has 2 atom stereocenters.